The summed E-state index contributed by atoms with van der Waals surface area (Å²) in [5, 5.41) is 1.25. The van der Waals surface area contributed by atoms with Crippen LogP contribution in [0.15, 0.2) is 24.3 Å². The van der Waals surface area contributed by atoms with Gasteiger partial charge in [-0.05, 0) is 30.7 Å². The summed E-state index contributed by atoms with van der Waals surface area (Å²) in [6, 6.07) is 3.80. The van der Waals surface area contributed by atoms with E-state index in [4.69, 9.17) is 4.74 Å². The molecule has 0 saturated carbocycles. The average Bonchev–Trinajstić information content (AvgIpc) is 2.51. The number of anilines is 1. The quantitative estimate of drug-likeness (QED) is 0.604. The molecule has 140 valence electrons. The number of nitrogens with one attached hydrogen (secondary N) is 1. The van der Waals surface area contributed by atoms with Crippen molar-refractivity contribution in [3.8, 4) is 0 Å². The van der Waals surface area contributed by atoms with Crippen LogP contribution >= 0.6 is 0 Å². The van der Waals surface area contributed by atoms with Crippen molar-refractivity contribution in [2.45, 2.75) is 31.4 Å². The van der Waals surface area contributed by atoms with Crippen LogP contribution in [0.25, 0.3) is 0 Å². The second kappa shape index (κ2) is 7.28. The number of halogens is 7. The molecular formula is C14H12F7NO3. The minimum atomic E-state index is -6.61. The molecule has 0 spiro atoms. The van der Waals surface area contributed by atoms with Crippen LogP contribution in [-0.2, 0) is 9.53 Å². The molecule has 1 aromatic carbocycles. The Bertz CT molecular complexity index is 626. The molecule has 0 heterocycles. The van der Waals surface area contributed by atoms with Gasteiger partial charge in [0, 0.05) is 5.69 Å². The molecule has 4 nitrogen and oxygen atoms in total. The number of hydrogen-bond acceptors (Lipinski definition) is 3. The predicted octanol–water partition coefficient (Wildman–Crippen LogP) is 4.02. The zero-order valence-electron chi connectivity index (χ0n) is 12.6. The van der Waals surface area contributed by atoms with E-state index in [1.165, 1.54) is 5.32 Å². The number of amides is 1. The van der Waals surface area contributed by atoms with E-state index < -0.39 is 35.6 Å². The Balaban J connectivity index is 2.88. The fourth-order valence-electron chi connectivity index (χ4n) is 1.50. The maximum Gasteiger partial charge on any atom is 0.460 e. The summed E-state index contributed by atoms with van der Waals surface area (Å²) in [6.07, 6.45) is -6.07. The molecule has 1 rings (SSSR count). The lowest BCUT2D eigenvalue weighted by Gasteiger charge is -2.27. The molecule has 0 fully saturated rings. The SMILES string of the molecule is CCCOC(=O)c1ccc(NC(=O)C(F)(F)C(F)(F)C(F)(F)F)cc1. The molecular weight excluding hydrogens is 363 g/mol. The average molecular weight is 375 g/mol. The third-order valence-corrected chi connectivity index (χ3v) is 2.85. The Labute approximate surface area is 136 Å². The van der Waals surface area contributed by atoms with Crippen molar-refractivity contribution >= 4 is 17.6 Å². The third kappa shape index (κ3) is 4.40. The van der Waals surface area contributed by atoms with Crippen LogP contribution in [0.3, 0.4) is 0 Å². The van der Waals surface area contributed by atoms with E-state index in [9.17, 15) is 40.3 Å². The highest BCUT2D eigenvalue weighted by Gasteiger charge is 2.76. The molecule has 0 aliphatic carbocycles. The number of carbonyl (C=O) groups is 2. The molecule has 0 aliphatic heterocycles. The Morgan fingerprint density at radius 3 is 1.96 bits per heavy atom. The summed E-state index contributed by atoms with van der Waals surface area (Å²) in [5.41, 5.74) is -0.534. The largest absolute Gasteiger partial charge is 0.462 e. The first-order valence-corrected chi connectivity index (χ1v) is 6.75. The lowest BCUT2D eigenvalue weighted by molar-refractivity contribution is -0.343. The first-order chi connectivity index (χ1) is 11.3. The van der Waals surface area contributed by atoms with Gasteiger partial charge >= 0.3 is 29.9 Å². The summed E-state index contributed by atoms with van der Waals surface area (Å²) in [7, 11) is 0. The van der Waals surface area contributed by atoms with Crippen molar-refractivity contribution < 1.29 is 45.1 Å². The monoisotopic (exact) mass is 375 g/mol. The zero-order chi connectivity index (χ0) is 19.5. The number of hydrogen-bond donors (Lipinski definition) is 1. The number of carbonyl (C=O) groups excluding carboxylic acids is 2. The van der Waals surface area contributed by atoms with Crippen molar-refractivity contribution in [1.29, 1.82) is 0 Å². The fourth-order valence-corrected chi connectivity index (χ4v) is 1.50. The number of esters is 1. The topological polar surface area (TPSA) is 55.4 Å². The Kier molecular flexibility index (Phi) is 6.03. The van der Waals surface area contributed by atoms with Crippen molar-refractivity contribution in [2.75, 3.05) is 11.9 Å². The van der Waals surface area contributed by atoms with Crippen LogP contribution in [0.5, 0.6) is 0 Å². The van der Waals surface area contributed by atoms with Crippen molar-refractivity contribution in [1.82, 2.24) is 0 Å². The van der Waals surface area contributed by atoms with E-state index in [1.54, 1.807) is 6.92 Å². The lowest BCUT2D eigenvalue weighted by Crippen LogP contribution is -2.57. The molecule has 0 unspecified atom stereocenters. The van der Waals surface area contributed by atoms with Crippen LogP contribution < -0.4 is 5.32 Å². The normalized spacial score (nSPS) is 12.6. The predicted molar refractivity (Wildman–Crippen MR) is 71.6 cm³/mol. The van der Waals surface area contributed by atoms with Crippen LogP contribution in [0.4, 0.5) is 36.4 Å². The van der Waals surface area contributed by atoms with Gasteiger partial charge in [0.15, 0.2) is 0 Å². The molecule has 25 heavy (non-hydrogen) atoms. The van der Waals surface area contributed by atoms with E-state index in [-0.39, 0.29) is 12.2 Å². The first-order valence-electron chi connectivity index (χ1n) is 6.75. The lowest BCUT2D eigenvalue weighted by atomic mass is 10.1. The van der Waals surface area contributed by atoms with Gasteiger partial charge < -0.3 is 10.1 Å². The van der Waals surface area contributed by atoms with Gasteiger partial charge in [-0.1, -0.05) is 6.92 Å². The second-order valence-corrected chi connectivity index (χ2v) is 4.81. The summed E-state index contributed by atoms with van der Waals surface area (Å²) in [6.45, 7) is 1.86. The van der Waals surface area contributed by atoms with E-state index in [1.807, 2.05) is 0 Å². The maximum absolute atomic E-state index is 13.2. The van der Waals surface area contributed by atoms with Gasteiger partial charge in [0.1, 0.15) is 0 Å². The number of benzene rings is 1. The molecule has 0 bridgehead atoms. The summed E-state index contributed by atoms with van der Waals surface area (Å²) >= 11 is 0. The van der Waals surface area contributed by atoms with Gasteiger partial charge in [-0.15, -0.1) is 0 Å². The van der Waals surface area contributed by atoms with Gasteiger partial charge in [-0.2, -0.15) is 30.7 Å². The van der Waals surface area contributed by atoms with E-state index in [0.717, 1.165) is 24.3 Å². The fraction of sp³-hybridized carbons (Fsp3) is 0.429. The van der Waals surface area contributed by atoms with E-state index in [0.29, 0.717) is 6.42 Å². The Hall–Kier alpha value is -2.33. The molecule has 0 atom stereocenters. The van der Waals surface area contributed by atoms with Gasteiger partial charge in [0.2, 0.25) is 0 Å². The number of alkyl halides is 7. The van der Waals surface area contributed by atoms with Gasteiger partial charge in [-0.3, -0.25) is 4.79 Å². The van der Waals surface area contributed by atoms with Crippen molar-refractivity contribution in [3.05, 3.63) is 29.8 Å². The molecule has 0 saturated heterocycles. The molecule has 0 radical (unpaired) electrons. The minimum Gasteiger partial charge on any atom is -0.462 e. The van der Waals surface area contributed by atoms with Gasteiger partial charge in [-0.25, -0.2) is 4.79 Å². The summed E-state index contributed by atoms with van der Waals surface area (Å²) < 4.78 is 92.6. The van der Waals surface area contributed by atoms with Gasteiger partial charge in [0.25, 0.3) is 0 Å². The number of rotatable bonds is 6. The molecule has 0 aliphatic rings. The molecule has 0 aromatic heterocycles. The van der Waals surface area contributed by atoms with Gasteiger partial charge in [0.05, 0.1) is 12.2 Å². The highest BCUT2D eigenvalue weighted by molar-refractivity contribution is 5.97. The summed E-state index contributed by atoms with van der Waals surface area (Å²) in [4.78, 5) is 22.6. The van der Waals surface area contributed by atoms with E-state index in [2.05, 4.69) is 0 Å². The molecule has 1 aromatic rings. The Morgan fingerprint density at radius 1 is 1.00 bits per heavy atom. The van der Waals surface area contributed by atoms with Crippen LogP contribution in [0.1, 0.15) is 23.7 Å². The summed E-state index contributed by atoms with van der Waals surface area (Å²) in [5.74, 6) is -16.2. The van der Waals surface area contributed by atoms with Crippen LogP contribution in [0.2, 0.25) is 0 Å². The smallest absolute Gasteiger partial charge is 0.460 e. The van der Waals surface area contributed by atoms with E-state index >= 15 is 0 Å². The highest BCUT2D eigenvalue weighted by Crippen LogP contribution is 2.46. The maximum atomic E-state index is 13.2. The second-order valence-electron chi connectivity index (χ2n) is 4.81. The molecule has 1 N–H and O–H groups in total. The molecule has 1 amide bonds. The minimum absolute atomic E-state index is 0.0289. The first kappa shape index (κ1) is 20.7. The van der Waals surface area contributed by atoms with Crippen molar-refractivity contribution in [3.63, 3.8) is 0 Å². The van der Waals surface area contributed by atoms with Crippen LogP contribution in [-0.4, -0.2) is 36.5 Å². The number of ether oxygens (including phenoxy) is 1. The Morgan fingerprint density at radius 2 is 1.52 bits per heavy atom. The standard InChI is InChI=1S/C14H12F7NO3/c1-2-7-25-10(23)8-3-5-9(6-4-8)22-11(24)12(15,16)13(17,18)14(19,20)21/h3-6H,2,7H2,1H3,(H,22,24). The zero-order valence-corrected chi connectivity index (χ0v) is 12.6. The third-order valence-electron chi connectivity index (χ3n) is 2.85. The van der Waals surface area contributed by atoms with Crippen LogP contribution in [0, 0.1) is 0 Å². The highest BCUT2D eigenvalue weighted by atomic mass is 19.4. The molecule has 11 heteroatoms. The van der Waals surface area contributed by atoms with Crippen molar-refractivity contribution in [2.24, 2.45) is 0 Å².